The SMILES string of the molecule is CCCNC(CN1CCCOCC1)C(N)=O. The molecular weight excluding hydrogens is 206 g/mol. The normalized spacial score (nSPS) is 20.3. The average Bonchev–Trinajstić information content (AvgIpc) is 2.52. The van der Waals surface area contributed by atoms with Gasteiger partial charge < -0.3 is 15.8 Å². The summed E-state index contributed by atoms with van der Waals surface area (Å²) in [6.45, 7) is 7.04. The van der Waals surface area contributed by atoms with Crippen LogP contribution in [-0.4, -0.2) is 56.2 Å². The van der Waals surface area contributed by atoms with Gasteiger partial charge in [-0.15, -0.1) is 0 Å². The third kappa shape index (κ3) is 4.92. The molecule has 0 aliphatic carbocycles. The third-order valence-electron chi connectivity index (χ3n) is 2.74. The van der Waals surface area contributed by atoms with Gasteiger partial charge in [-0.3, -0.25) is 9.69 Å². The molecule has 1 amide bonds. The predicted octanol–water partition coefficient (Wildman–Crippen LogP) is -0.438. The second kappa shape index (κ2) is 7.60. The van der Waals surface area contributed by atoms with Gasteiger partial charge in [-0.2, -0.15) is 0 Å². The largest absolute Gasteiger partial charge is 0.380 e. The lowest BCUT2D eigenvalue weighted by molar-refractivity contribution is -0.120. The summed E-state index contributed by atoms with van der Waals surface area (Å²) in [6.07, 6.45) is 2.03. The predicted molar refractivity (Wildman–Crippen MR) is 63.2 cm³/mol. The Hall–Kier alpha value is -0.650. The molecule has 3 N–H and O–H groups in total. The van der Waals surface area contributed by atoms with Gasteiger partial charge in [0.1, 0.15) is 0 Å². The quantitative estimate of drug-likeness (QED) is 0.648. The fourth-order valence-corrected chi connectivity index (χ4v) is 1.81. The third-order valence-corrected chi connectivity index (χ3v) is 2.74. The van der Waals surface area contributed by atoms with Crippen LogP contribution < -0.4 is 11.1 Å². The lowest BCUT2D eigenvalue weighted by atomic mass is 10.2. The molecule has 0 bridgehead atoms. The first-order valence-electron chi connectivity index (χ1n) is 6.07. The number of hydrogen-bond donors (Lipinski definition) is 2. The number of carbonyl (C=O) groups is 1. The monoisotopic (exact) mass is 229 g/mol. The summed E-state index contributed by atoms with van der Waals surface area (Å²) in [5.74, 6) is -0.265. The zero-order valence-electron chi connectivity index (χ0n) is 10.1. The maximum atomic E-state index is 11.3. The Bertz CT molecular complexity index is 203. The van der Waals surface area contributed by atoms with Crippen LogP contribution in [0.5, 0.6) is 0 Å². The first kappa shape index (κ1) is 13.4. The number of ether oxygens (including phenoxy) is 1. The maximum absolute atomic E-state index is 11.3. The molecule has 0 saturated carbocycles. The zero-order valence-corrected chi connectivity index (χ0v) is 10.1. The standard InChI is InChI=1S/C11H23N3O2/c1-2-4-13-10(11(12)15)9-14-5-3-7-16-8-6-14/h10,13H,2-9H2,1H3,(H2,12,15). The molecule has 0 aromatic rings. The Kier molecular flexibility index (Phi) is 6.37. The molecule has 94 valence electrons. The molecule has 16 heavy (non-hydrogen) atoms. The van der Waals surface area contributed by atoms with E-state index in [1.165, 1.54) is 0 Å². The number of hydrogen-bond acceptors (Lipinski definition) is 4. The number of rotatable bonds is 6. The van der Waals surface area contributed by atoms with Crippen LogP contribution in [0, 0.1) is 0 Å². The molecule has 1 atom stereocenters. The summed E-state index contributed by atoms with van der Waals surface area (Å²) >= 11 is 0. The van der Waals surface area contributed by atoms with E-state index in [1.54, 1.807) is 0 Å². The van der Waals surface area contributed by atoms with Crippen molar-refractivity contribution < 1.29 is 9.53 Å². The van der Waals surface area contributed by atoms with E-state index in [1.807, 2.05) is 0 Å². The number of nitrogens with one attached hydrogen (secondary N) is 1. The number of amides is 1. The maximum Gasteiger partial charge on any atom is 0.235 e. The fraction of sp³-hybridized carbons (Fsp3) is 0.909. The summed E-state index contributed by atoms with van der Waals surface area (Å²) in [7, 11) is 0. The van der Waals surface area contributed by atoms with Gasteiger partial charge in [-0.25, -0.2) is 0 Å². The van der Waals surface area contributed by atoms with E-state index in [0.717, 1.165) is 45.7 Å². The Labute approximate surface area is 97.3 Å². The van der Waals surface area contributed by atoms with E-state index >= 15 is 0 Å². The molecule has 0 spiro atoms. The molecule has 1 heterocycles. The van der Waals surface area contributed by atoms with Crippen molar-refractivity contribution in [2.24, 2.45) is 5.73 Å². The number of nitrogens with two attached hydrogens (primary N) is 1. The molecule has 0 aromatic carbocycles. The van der Waals surface area contributed by atoms with E-state index in [-0.39, 0.29) is 11.9 Å². The Morgan fingerprint density at radius 3 is 3.00 bits per heavy atom. The van der Waals surface area contributed by atoms with Gasteiger partial charge >= 0.3 is 0 Å². The minimum Gasteiger partial charge on any atom is -0.380 e. The Morgan fingerprint density at radius 1 is 1.50 bits per heavy atom. The van der Waals surface area contributed by atoms with Crippen LogP contribution in [-0.2, 0) is 9.53 Å². The second-order valence-corrected chi connectivity index (χ2v) is 4.18. The molecule has 1 aliphatic rings. The van der Waals surface area contributed by atoms with Crippen LogP contribution in [0.2, 0.25) is 0 Å². The summed E-state index contributed by atoms with van der Waals surface area (Å²) in [4.78, 5) is 13.5. The first-order valence-corrected chi connectivity index (χ1v) is 6.07. The molecule has 0 aromatic heterocycles. The van der Waals surface area contributed by atoms with Crippen molar-refractivity contribution in [3.63, 3.8) is 0 Å². The van der Waals surface area contributed by atoms with Crippen molar-refractivity contribution in [2.45, 2.75) is 25.8 Å². The van der Waals surface area contributed by atoms with E-state index in [9.17, 15) is 4.79 Å². The Morgan fingerprint density at radius 2 is 2.31 bits per heavy atom. The highest BCUT2D eigenvalue weighted by molar-refractivity contribution is 5.80. The van der Waals surface area contributed by atoms with Crippen LogP contribution in [0.15, 0.2) is 0 Å². The van der Waals surface area contributed by atoms with Gasteiger partial charge in [0, 0.05) is 26.2 Å². The smallest absolute Gasteiger partial charge is 0.235 e. The average molecular weight is 229 g/mol. The topological polar surface area (TPSA) is 67.6 Å². The Balaban J connectivity index is 2.36. The minimum atomic E-state index is -0.265. The molecule has 1 rings (SSSR count). The van der Waals surface area contributed by atoms with Crippen molar-refractivity contribution >= 4 is 5.91 Å². The van der Waals surface area contributed by atoms with Crippen LogP contribution >= 0.6 is 0 Å². The molecular formula is C11H23N3O2. The van der Waals surface area contributed by atoms with Crippen LogP contribution in [0.25, 0.3) is 0 Å². The molecule has 1 unspecified atom stereocenters. The zero-order chi connectivity index (χ0) is 11.8. The first-order chi connectivity index (χ1) is 7.74. The van der Waals surface area contributed by atoms with E-state index in [2.05, 4.69) is 17.1 Å². The van der Waals surface area contributed by atoms with Gasteiger partial charge in [0.15, 0.2) is 0 Å². The van der Waals surface area contributed by atoms with Crippen LogP contribution in [0.4, 0.5) is 0 Å². The van der Waals surface area contributed by atoms with E-state index in [0.29, 0.717) is 6.54 Å². The van der Waals surface area contributed by atoms with E-state index in [4.69, 9.17) is 10.5 Å². The van der Waals surface area contributed by atoms with E-state index < -0.39 is 0 Å². The fourth-order valence-electron chi connectivity index (χ4n) is 1.81. The van der Waals surface area contributed by atoms with Crippen molar-refractivity contribution in [2.75, 3.05) is 39.4 Å². The second-order valence-electron chi connectivity index (χ2n) is 4.18. The van der Waals surface area contributed by atoms with Crippen LogP contribution in [0.3, 0.4) is 0 Å². The molecule has 5 nitrogen and oxygen atoms in total. The van der Waals surface area contributed by atoms with Crippen molar-refractivity contribution in [1.29, 1.82) is 0 Å². The molecule has 5 heteroatoms. The molecule has 0 radical (unpaired) electrons. The molecule has 1 fully saturated rings. The summed E-state index contributed by atoms with van der Waals surface area (Å²) < 4.78 is 5.37. The molecule has 1 saturated heterocycles. The summed E-state index contributed by atoms with van der Waals surface area (Å²) in [5.41, 5.74) is 5.37. The molecule has 1 aliphatic heterocycles. The van der Waals surface area contributed by atoms with Gasteiger partial charge in [-0.05, 0) is 19.4 Å². The number of carbonyl (C=O) groups excluding carboxylic acids is 1. The van der Waals surface area contributed by atoms with Crippen molar-refractivity contribution in [3.05, 3.63) is 0 Å². The lowest BCUT2D eigenvalue weighted by Crippen LogP contribution is -2.49. The van der Waals surface area contributed by atoms with Crippen molar-refractivity contribution in [1.82, 2.24) is 10.2 Å². The highest BCUT2D eigenvalue weighted by atomic mass is 16.5. The van der Waals surface area contributed by atoms with Gasteiger partial charge in [0.25, 0.3) is 0 Å². The highest BCUT2D eigenvalue weighted by Gasteiger charge is 2.19. The van der Waals surface area contributed by atoms with Crippen molar-refractivity contribution in [3.8, 4) is 0 Å². The number of nitrogens with zero attached hydrogens (tertiary/aromatic N) is 1. The highest BCUT2D eigenvalue weighted by Crippen LogP contribution is 2.00. The lowest BCUT2D eigenvalue weighted by Gasteiger charge is -2.24. The van der Waals surface area contributed by atoms with Gasteiger partial charge in [0.2, 0.25) is 5.91 Å². The van der Waals surface area contributed by atoms with Crippen LogP contribution in [0.1, 0.15) is 19.8 Å². The number of primary amides is 1. The van der Waals surface area contributed by atoms with Gasteiger partial charge in [0.05, 0.1) is 12.6 Å². The summed E-state index contributed by atoms with van der Waals surface area (Å²) in [5, 5.41) is 3.18. The van der Waals surface area contributed by atoms with Gasteiger partial charge in [-0.1, -0.05) is 6.92 Å². The summed E-state index contributed by atoms with van der Waals surface area (Å²) in [6, 6.07) is -0.238. The minimum absolute atomic E-state index is 0.238.